The molecular formula is C13H27NS. The summed E-state index contributed by atoms with van der Waals surface area (Å²) in [5.41, 5.74) is 0. The van der Waals surface area contributed by atoms with Crippen LogP contribution < -0.4 is 5.32 Å². The van der Waals surface area contributed by atoms with E-state index >= 15 is 0 Å². The van der Waals surface area contributed by atoms with Gasteiger partial charge in [0, 0.05) is 17.0 Å². The number of hydrogen-bond acceptors (Lipinski definition) is 2. The first kappa shape index (κ1) is 13.4. The molecule has 2 unspecified atom stereocenters. The second-order valence-electron chi connectivity index (χ2n) is 5.64. The quantitative estimate of drug-likeness (QED) is 0.775. The van der Waals surface area contributed by atoms with E-state index in [0.717, 1.165) is 29.0 Å². The van der Waals surface area contributed by atoms with E-state index in [1.807, 2.05) is 0 Å². The van der Waals surface area contributed by atoms with Crippen molar-refractivity contribution in [1.29, 1.82) is 0 Å². The van der Waals surface area contributed by atoms with E-state index in [9.17, 15) is 0 Å². The van der Waals surface area contributed by atoms with Crippen LogP contribution in [0.5, 0.6) is 0 Å². The molecule has 0 radical (unpaired) electrons. The third-order valence-corrected chi connectivity index (χ3v) is 4.91. The fraction of sp³-hybridized carbons (Fsp3) is 1.00. The normalized spacial score (nSPS) is 27.2. The van der Waals surface area contributed by atoms with Crippen LogP contribution in [0.15, 0.2) is 0 Å². The van der Waals surface area contributed by atoms with Crippen molar-refractivity contribution in [2.45, 2.75) is 52.3 Å². The Kier molecular flexibility index (Phi) is 5.48. The molecule has 1 fully saturated rings. The average Bonchev–Trinajstić information content (AvgIpc) is 2.50. The van der Waals surface area contributed by atoms with E-state index in [2.05, 4.69) is 51.7 Å². The predicted molar refractivity (Wildman–Crippen MR) is 71.5 cm³/mol. The second kappa shape index (κ2) is 6.15. The van der Waals surface area contributed by atoms with Crippen molar-refractivity contribution in [3.8, 4) is 0 Å². The molecule has 0 saturated carbocycles. The molecule has 1 nitrogen and oxygen atoms in total. The largest absolute Gasteiger partial charge is 0.313 e. The standard InChI is InChI=1S/C13H27NS/c1-9(2)13(10(3)4)7-14-12-6-11(5)15-8-12/h9-14H,6-8H2,1-5H3. The first-order valence-electron chi connectivity index (χ1n) is 6.35. The molecule has 0 aromatic rings. The number of rotatable bonds is 5. The van der Waals surface area contributed by atoms with Crippen LogP contribution in [0.1, 0.15) is 41.0 Å². The highest BCUT2D eigenvalue weighted by Crippen LogP contribution is 2.27. The van der Waals surface area contributed by atoms with Crippen LogP contribution in [0.2, 0.25) is 0 Å². The van der Waals surface area contributed by atoms with E-state index in [-0.39, 0.29) is 0 Å². The van der Waals surface area contributed by atoms with Crippen LogP contribution in [0, 0.1) is 17.8 Å². The summed E-state index contributed by atoms with van der Waals surface area (Å²) in [7, 11) is 0. The lowest BCUT2D eigenvalue weighted by atomic mass is 9.85. The van der Waals surface area contributed by atoms with Crippen molar-refractivity contribution >= 4 is 11.8 Å². The first-order valence-corrected chi connectivity index (χ1v) is 7.40. The van der Waals surface area contributed by atoms with E-state index in [4.69, 9.17) is 0 Å². The Hall–Kier alpha value is 0.310. The van der Waals surface area contributed by atoms with Gasteiger partial charge in [-0.05, 0) is 30.7 Å². The van der Waals surface area contributed by atoms with Crippen LogP contribution >= 0.6 is 11.8 Å². The van der Waals surface area contributed by atoms with Gasteiger partial charge in [0.25, 0.3) is 0 Å². The minimum atomic E-state index is 0.769. The van der Waals surface area contributed by atoms with E-state index < -0.39 is 0 Å². The lowest BCUT2D eigenvalue weighted by molar-refractivity contribution is 0.267. The SMILES string of the molecule is CC1CC(NCC(C(C)C)C(C)C)CS1. The fourth-order valence-electron chi connectivity index (χ4n) is 2.50. The Morgan fingerprint density at radius 2 is 1.80 bits per heavy atom. The Labute approximate surface area is 99.8 Å². The molecule has 0 aromatic carbocycles. The van der Waals surface area contributed by atoms with Gasteiger partial charge in [-0.1, -0.05) is 34.6 Å². The van der Waals surface area contributed by atoms with Crippen LogP contribution in [0.25, 0.3) is 0 Å². The zero-order valence-electron chi connectivity index (χ0n) is 10.9. The summed E-state index contributed by atoms with van der Waals surface area (Å²) in [6, 6.07) is 0.769. The maximum atomic E-state index is 3.75. The van der Waals surface area contributed by atoms with Crippen molar-refractivity contribution < 1.29 is 0 Å². The highest BCUT2D eigenvalue weighted by atomic mass is 32.2. The maximum Gasteiger partial charge on any atom is 0.0168 e. The Bertz CT molecular complexity index is 171. The molecular weight excluding hydrogens is 202 g/mol. The molecule has 1 N–H and O–H groups in total. The van der Waals surface area contributed by atoms with Crippen LogP contribution in [0.4, 0.5) is 0 Å². The average molecular weight is 229 g/mol. The summed E-state index contributed by atoms with van der Waals surface area (Å²) >= 11 is 2.11. The lowest BCUT2D eigenvalue weighted by Gasteiger charge is -2.26. The van der Waals surface area contributed by atoms with Gasteiger partial charge in [-0.3, -0.25) is 0 Å². The predicted octanol–water partition coefficient (Wildman–Crippen LogP) is 3.40. The minimum Gasteiger partial charge on any atom is -0.313 e. The second-order valence-corrected chi connectivity index (χ2v) is 7.11. The zero-order chi connectivity index (χ0) is 11.4. The van der Waals surface area contributed by atoms with Gasteiger partial charge in [-0.25, -0.2) is 0 Å². The molecule has 0 spiro atoms. The van der Waals surface area contributed by atoms with E-state index in [1.54, 1.807) is 0 Å². The van der Waals surface area contributed by atoms with Crippen molar-refractivity contribution in [2.24, 2.45) is 17.8 Å². The van der Waals surface area contributed by atoms with Crippen LogP contribution in [0.3, 0.4) is 0 Å². The van der Waals surface area contributed by atoms with Gasteiger partial charge in [0.2, 0.25) is 0 Å². The highest BCUT2D eigenvalue weighted by Gasteiger charge is 2.24. The molecule has 1 aliphatic heterocycles. The van der Waals surface area contributed by atoms with Gasteiger partial charge >= 0.3 is 0 Å². The summed E-state index contributed by atoms with van der Waals surface area (Å²) < 4.78 is 0. The fourth-order valence-corrected chi connectivity index (χ4v) is 3.69. The van der Waals surface area contributed by atoms with Gasteiger partial charge < -0.3 is 5.32 Å². The van der Waals surface area contributed by atoms with Crippen molar-refractivity contribution in [1.82, 2.24) is 5.32 Å². The molecule has 1 aliphatic rings. The highest BCUT2D eigenvalue weighted by molar-refractivity contribution is 8.00. The van der Waals surface area contributed by atoms with Gasteiger partial charge in [0.15, 0.2) is 0 Å². The summed E-state index contributed by atoms with van der Waals surface area (Å²) in [6.07, 6.45) is 1.35. The topological polar surface area (TPSA) is 12.0 Å². The van der Waals surface area contributed by atoms with Crippen molar-refractivity contribution in [3.05, 3.63) is 0 Å². The molecule has 15 heavy (non-hydrogen) atoms. The summed E-state index contributed by atoms with van der Waals surface area (Å²) in [5.74, 6) is 3.73. The lowest BCUT2D eigenvalue weighted by Crippen LogP contribution is -2.37. The molecule has 1 saturated heterocycles. The molecule has 0 amide bonds. The molecule has 2 atom stereocenters. The van der Waals surface area contributed by atoms with Gasteiger partial charge in [-0.15, -0.1) is 0 Å². The van der Waals surface area contributed by atoms with Crippen LogP contribution in [-0.2, 0) is 0 Å². The van der Waals surface area contributed by atoms with Gasteiger partial charge in [-0.2, -0.15) is 11.8 Å². The Balaban J connectivity index is 2.27. The summed E-state index contributed by atoms with van der Waals surface area (Å²) in [4.78, 5) is 0. The Morgan fingerprint density at radius 1 is 1.20 bits per heavy atom. The van der Waals surface area contributed by atoms with Crippen molar-refractivity contribution in [2.75, 3.05) is 12.3 Å². The number of hydrogen-bond donors (Lipinski definition) is 1. The molecule has 0 bridgehead atoms. The summed E-state index contributed by atoms with van der Waals surface area (Å²) in [6.45, 7) is 12.9. The monoisotopic (exact) mass is 229 g/mol. The zero-order valence-corrected chi connectivity index (χ0v) is 11.7. The van der Waals surface area contributed by atoms with E-state index in [1.165, 1.54) is 18.7 Å². The third-order valence-electron chi connectivity index (χ3n) is 3.55. The van der Waals surface area contributed by atoms with E-state index in [0.29, 0.717) is 0 Å². The van der Waals surface area contributed by atoms with Gasteiger partial charge in [0.1, 0.15) is 0 Å². The summed E-state index contributed by atoms with van der Waals surface area (Å²) in [5, 5.41) is 4.61. The minimum absolute atomic E-state index is 0.769. The van der Waals surface area contributed by atoms with Crippen LogP contribution in [-0.4, -0.2) is 23.6 Å². The van der Waals surface area contributed by atoms with Gasteiger partial charge in [0.05, 0.1) is 0 Å². The molecule has 0 aliphatic carbocycles. The molecule has 1 heterocycles. The Morgan fingerprint density at radius 3 is 2.20 bits per heavy atom. The molecule has 0 aromatic heterocycles. The molecule has 2 heteroatoms. The molecule has 1 rings (SSSR count). The van der Waals surface area contributed by atoms with Crippen molar-refractivity contribution in [3.63, 3.8) is 0 Å². The number of thioether (sulfide) groups is 1. The maximum absolute atomic E-state index is 3.75. The first-order chi connectivity index (χ1) is 7.00. The smallest absolute Gasteiger partial charge is 0.0168 e. The number of nitrogens with one attached hydrogen (secondary N) is 1. The molecule has 90 valence electrons. The third kappa shape index (κ3) is 4.36.